The Bertz CT molecular complexity index is 378. The van der Waals surface area contributed by atoms with E-state index in [-0.39, 0.29) is 22.2 Å². The molecule has 2 nitrogen and oxygen atoms in total. The van der Waals surface area contributed by atoms with Gasteiger partial charge in [0, 0.05) is 18.2 Å². The Balaban J connectivity index is 2.11. The van der Waals surface area contributed by atoms with Gasteiger partial charge in [-0.1, -0.05) is 0 Å². The fraction of sp³-hybridized carbons (Fsp3) is 0.400. The highest BCUT2D eigenvalue weighted by molar-refractivity contribution is 9.10. The Morgan fingerprint density at radius 1 is 1.27 bits per heavy atom. The smallest absolute Gasteiger partial charge is 0.147 e. The number of anilines is 1. The summed E-state index contributed by atoms with van der Waals surface area (Å²) in [5.74, 6) is -0.925. The summed E-state index contributed by atoms with van der Waals surface area (Å²) in [7, 11) is 0. The molecule has 15 heavy (non-hydrogen) atoms. The topological polar surface area (TPSA) is 38.0 Å². The van der Waals surface area contributed by atoms with Crippen molar-refractivity contribution >= 4 is 21.6 Å². The van der Waals surface area contributed by atoms with Gasteiger partial charge in [0.05, 0.1) is 10.2 Å². The maximum absolute atomic E-state index is 13.4. The summed E-state index contributed by atoms with van der Waals surface area (Å²) in [4.78, 5) is 0. The minimum atomic E-state index is -0.470. The second-order valence-corrected chi connectivity index (χ2v) is 4.67. The standard InChI is InChI=1S/C10H11BrF2N2/c11-7-3-9(13)10(4-8(7)12)15-6-1-5(14)2-6/h3-6,15H,1-2,14H2. The van der Waals surface area contributed by atoms with E-state index in [4.69, 9.17) is 5.73 Å². The minimum absolute atomic E-state index is 0.135. The van der Waals surface area contributed by atoms with E-state index in [0.717, 1.165) is 25.0 Å². The van der Waals surface area contributed by atoms with Crippen LogP contribution in [0.1, 0.15) is 12.8 Å². The summed E-state index contributed by atoms with van der Waals surface area (Å²) >= 11 is 2.92. The second kappa shape index (κ2) is 4.06. The molecule has 0 aromatic heterocycles. The van der Waals surface area contributed by atoms with Crippen molar-refractivity contribution in [2.24, 2.45) is 5.73 Å². The van der Waals surface area contributed by atoms with Crippen LogP contribution in [-0.4, -0.2) is 12.1 Å². The highest BCUT2D eigenvalue weighted by atomic mass is 79.9. The molecule has 0 bridgehead atoms. The summed E-state index contributed by atoms with van der Waals surface area (Å²) in [5, 5.41) is 2.93. The number of hydrogen-bond donors (Lipinski definition) is 2. The van der Waals surface area contributed by atoms with E-state index in [1.807, 2.05) is 0 Å². The maximum Gasteiger partial charge on any atom is 0.147 e. The highest BCUT2D eigenvalue weighted by Gasteiger charge is 2.26. The summed E-state index contributed by atoms with van der Waals surface area (Å²) in [5.41, 5.74) is 5.80. The Morgan fingerprint density at radius 3 is 2.53 bits per heavy atom. The molecule has 5 heteroatoms. The molecule has 0 amide bonds. The molecule has 2 rings (SSSR count). The van der Waals surface area contributed by atoms with Crippen molar-refractivity contribution in [1.29, 1.82) is 0 Å². The number of nitrogens with two attached hydrogens (primary N) is 1. The molecular weight excluding hydrogens is 266 g/mol. The van der Waals surface area contributed by atoms with Gasteiger partial charge in [-0.15, -0.1) is 0 Å². The Hall–Kier alpha value is -0.680. The summed E-state index contributed by atoms with van der Waals surface area (Å²) in [6, 6.07) is 2.63. The average Bonchev–Trinajstić information content (AvgIpc) is 2.11. The van der Waals surface area contributed by atoms with Gasteiger partial charge in [0.1, 0.15) is 11.6 Å². The van der Waals surface area contributed by atoms with Gasteiger partial charge in [0.25, 0.3) is 0 Å². The van der Waals surface area contributed by atoms with Gasteiger partial charge in [0.2, 0.25) is 0 Å². The van der Waals surface area contributed by atoms with E-state index >= 15 is 0 Å². The molecule has 0 saturated heterocycles. The van der Waals surface area contributed by atoms with Crippen LogP contribution in [0.25, 0.3) is 0 Å². The Kier molecular flexibility index (Phi) is 2.93. The summed E-state index contributed by atoms with van der Waals surface area (Å²) < 4.78 is 26.6. The largest absolute Gasteiger partial charge is 0.380 e. The van der Waals surface area contributed by atoms with E-state index in [1.165, 1.54) is 0 Å². The van der Waals surface area contributed by atoms with Crippen LogP contribution in [0.3, 0.4) is 0 Å². The first kappa shape index (κ1) is 10.8. The fourth-order valence-electron chi connectivity index (χ4n) is 1.63. The van der Waals surface area contributed by atoms with Crippen molar-refractivity contribution < 1.29 is 8.78 Å². The lowest BCUT2D eigenvalue weighted by molar-refractivity contribution is 0.372. The highest BCUT2D eigenvalue weighted by Crippen LogP contribution is 2.27. The van der Waals surface area contributed by atoms with E-state index in [1.54, 1.807) is 0 Å². The van der Waals surface area contributed by atoms with Crippen molar-refractivity contribution in [3.63, 3.8) is 0 Å². The van der Waals surface area contributed by atoms with Crippen molar-refractivity contribution in [2.75, 3.05) is 5.32 Å². The molecule has 0 radical (unpaired) electrons. The maximum atomic E-state index is 13.4. The SMILES string of the molecule is NC1CC(Nc2cc(F)c(Br)cc2F)C1. The number of benzene rings is 1. The lowest BCUT2D eigenvalue weighted by Gasteiger charge is -2.33. The molecular formula is C10H11BrF2N2. The monoisotopic (exact) mass is 276 g/mol. The first-order valence-corrected chi connectivity index (χ1v) is 5.52. The zero-order valence-corrected chi connectivity index (χ0v) is 9.52. The van der Waals surface area contributed by atoms with Gasteiger partial charge < -0.3 is 11.1 Å². The van der Waals surface area contributed by atoms with Crippen LogP contribution in [0.5, 0.6) is 0 Å². The normalized spacial score (nSPS) is 24.8. The van der Waals surface area contributed by atoms with Gasteiger partial charge in [-0.2, -0.15) is 0 Å². The van der Waals surface area contributed by atoms with E-state index in [9.17, 15) is 8.78 Å². The van der Waals surface area contributed by atoms with Crippen LogP contribution < -0.4 is 11.1 Å². The molecule has 0 heterocycles. The molecule has 0 spiro atoms. The van der Waals surface area contributed by atoms with Gasteiger partial charge in [-0.25, -0.2) is 8.78 Å². The molecule has 0 aliphatic heterocycles. The molecule has 3 N–H and O–H groups in total. The molecule has 1 aliphatic rings. The number of hydrogen-bond acceptors (Lipinski definition) is 2. The molecule has 0 atom stereocenters. The minimum Gasteiger partial charge on any atom is -0.380 e. The first-order valence-electron chi connectivity index (χ1n) is 4.73. The zero-order chi connectivity index (χ0) is 11.0. The predicted molar refractivity (Wildman–Crippen MR) is 58.7 cm³/mol. The fourth-order valence-corrected chi connectivity index (χ4v) is 1.95. The third-order valence-corrected chi connectivity index (χ3v) is 3.15. The lowest BCUT2D eigenvalue weighted by Crippen LogP contribution is -2.44. The molecule has 0 unspecified atom stereocenters. The molecule has 1 fully saturated rings. The van der Waals surface area contributed by atoms with Crippen molar-refractivity contribution in [1.82, 2.24) is 0 Å². The van der Waals surface area contributed by atoms with Crippen molar-refractivity contribution in [2.45, 2.75) is 24.9 Å². The van der Waals surface area contributed by atoms with Gasteiger partial charge in [0.15, 0.2) is 0 Å². The molecule has 1 aliphatic carbocycles. The van der Waals surface area contributed by atoms with Crippen LogP contribution in [0.15, 0.2) is 16.6 Å². The lowest BCUT2D eigenvalue weighted by atomic mass is 9.87. The van der Waals surface area contributed by atoms with Gasteiger partial charge >= 0.3 is 0 Å². The van der Waals surface area contributed by atoms with E-state index < -0.39 is 11.6 Å². The zero-order valence-electron chi connectivity index (χ0n) is 7.93. The summed E-state index contributed by atoms with van der Waals surface area (Å²) in [6.07, 6.45) is 1.61. The van der Waals surface area contributed by atoms with Crippen LogP contribution in [0.2, 0.25) is 0 Å². The first-order chi connectivity index (χ1) is 7.06. The van der Waals surface area contributed by atoms with E-state index in [2.05, 4.69) is 21.2 Å². The van der Waals surface area contributed by atoms with Crippen molar-refractivity contribution in [3.05, 3.63) is 28.2 Å². The van der Waals surface area contributed by atoms with Gasteiger partial charge in [-0.05, 0) is 34.8 Å². The quantitative estimate of drug-likeness (QED) is 0.815. The molecule has 1 saturated carbocycles. The molecule has 1 aromatic rings. The second-order valence-electron chi connectivity index (χ2n) is 3.82. The van der Waals surface area contributed by atoms with Crippen LogP contribution in [0, 0.1) is 11.6 Å². The third-order valence-electron chi connectivity index (χ3n) is 2.54. The predicted octanol–water partition coefficient (Wildman–Crippen LogP) is 2.63. The molecule has 1 aromatic carbocycles. The van der Waals surface area contributed by atoms with Crippen LogP contribution >= 0.6 is 15.9 Å². The summed E-state index contributed by atoms with van der Waals surface area (Å²) in [6.45, 7) is 0. The Morgan fingerprint density at radius 2 is 1.93 bits per heavy atom. The number of nitrogens with one attached hydrogen (secondary N) is 1. The number of rotatable bonds is 2. The Labute approximate surface area is 95.0 Å². The third kappa shape index (κ3) is 2.29. The van der Waals surface area contributed by atoms with Crippen molar-refractivity contribution in [3.8, 4) is 0 Å². The van der Waals surface area contributed by atoms with Crippen LogP contribution in [0.4, 0.5) is 14.5 Å². The van der Waals surface area contributed by atoms with Crippen LogP contribution in [-0.2, 0) is 0 Å². The number of halogens is 3. The average molecular weight is 277 g/mol. The molecule has 82 valence electrons. The van der Waals surface area contributed by atoms with E-state index in [0.29, 0.717) is 0 Å². The van der Waals surface area contributed by atoms with Gasteiger partial charge in [-0.3, -0.25) is 0 Å².